The highest BCUT2D eigenvalue weighted by molar-refractivity contribution is 5.73. The summed E-state index contributed by atoms with van der Waals surface area (Å²) in [5.74, 6) is -0.412. The molecule has 0 unspecified atom stereocenters. The fourth-order valence-corrected chi connectivity index (χ4v) is 1.52. The maximum atomic E-state index is 11.3. The highest BCUT2D eigenvalue weighted by Crippen LogP contribution is 2.04. The van der Waals surface area contributed by atoms with Gasteiger partial charge in [0.2, 0.25) is 6.41 Å². The summed E-state index contributed by atoms with van der Waals surface area (Å²) < 4.78 is 4.81. The minimum absolute atomic E-state index is 0.0688. The third kappa shape index (κ3) is 4.55. The normalized spacial score (nSPS) is 10.2. The van der Waals surface area contributed by atoms with E-state index < -0.39 is 5.97 Å². The van der Waals surface area contributed by atoms with Gasteiger partial charge in [0.25, 0.3) is 0 Å². The van der Waals surface area contributed by atoms with Crippen molar-refractivity contribution >= 4 is 12.4 Å². The first-order valence-corrected chi connectivity index (χ1v) is 5.80. The Labute approximate surface area is 107 Å². The molecule has 0 saturated carbocycles. The molecule has 0 aliphatic rings. The van der Waals surface area contributed by atoms with Crippen LogP contribution < -0.4 is 0 Å². The van der Waals surface area contributed by atoms with E-state index in [9.17, 15) is 9.59 Å². The number of hydrazine groups is 1. The first kappa shape index (κ1) is 14.2. The van der Waals surface area contributed by atoms with Crippen LogP contribution in [-0.2, 0) is 20.9 Å². The van der Waals surface area contributed by atoms with Crippen molar-refractivity contribution in [2.45, 2.75) is 13.5 Å². The first-order chi connectivity index (χ1) is 8.67. The maximum Gasteiger partial charge on any atom is 0.327 e. The van der Waals surface area contributed by atoms with Crippen LogP contribution in [-0.4, -0.2) is 42.6 Å². The number of nitrogens with zero attached hydrogens (tertiary/aromatic N) is 2. The van der Waals surface area contributed by atoms with E-state index in [-0.39, 0.29) is 6.54 Å². The monoisotopic (exact) mass is 250 g/mol. The van der Waals surface area contributed by atoms with Crippen molar-refractivity contribution in [3.05, 3.63) is 35.9 Å². The van der Waals surface area contributed by atoms with Crippen LogP contribution in [0.5, 0.6) is 0 Å². The second-order valence-electron chi connectivity index (χ2n) is 3.81. The number of carbonyl (C=O) groups excluding carboxylic acids is 2. The van der Waals surface area contributed by atoms with Crippen LogP contribution in [0.2, 0.25) is 0 Å². The van der Waals surface area contributed by atoms with Crippen molar-refractivity contribution in [1.29, 1.82) is 0 Å². The molecule has 1 rings (SSSR count). The number of rotatable bonds is 7. The van der Waals surface area contributed by atoms with E-state index in [4.69, 9.17) is 4.74 Å². The largest absolute Gasteiger partial charge is 0.465 e. The highest BCUT2D eigenvalue weighted by Gasteiger charge is 2.14. The average Bonchev–Trinajstić information content (AvgIpc) is 2.37. The van der Waals surface area contributed by atoms with Gasteiger partial charge in [-0.05, 0) is 12.5 Å². The molecule has 0 radical (unpaired) electrons. The van der Waals surface area contributed by atoms with Gasteiger partial charge in [-0.25, -0.2) is 5.01 Å². The van der Waals surface area contributed by atoms with Crippen LogP contribution in [0.25, 0.3) is 0 Å². The zero-order valence-corrected chi connectivity index (χ0v) is 10.7. The molecule has 0 saturated heterocycles. The van der Waals surface area contributed by atoms with Crippen LogP contribution in [0, 0.1) is 0 Å². The summed E-state index contributed by atoms with van der Waals surface area (Å²) in [6, 6.07) is 9.72. The van der Waals surface area contributed by atoms with Crippen LogP contribution in [0.1, 0.15) is 12.5 Å². The van der Waals surface area contributed by atoms with Crippen LogP contribution in [0.3, 0.4) is 0 Å². The number of ether oxygens (including phenoxy) is 1. The SMILES string of the molecule is CCOC(=O)CN(C=O)N(C)Cc1ccccc1. The highest BCUT2D eigenvalue weighted by atomic mass is 16.5. The van der Waals surface area contributed by atoms with Gasteiger partial charge < -0.3 is 4.74 Å². The maximum absolute atomic E-state index is 11.3. The van der Waals surface area contributed by atoms with E-state index in [2.05, 4.69) is 0 Å². The van der Waals surface area contributed by atoms with Crippen molar-refractivity contribution in [2.24, 2.45) is 0 Å². The average molecular weight is 250 g/mol. The van der Waals surface area contributed by atoms with Crippen molar-refractivity contribution in [1.82, 2.24) is 10.0 Å². The molecule has 1 amide bonds. The molecule has 1 aromatic rings. The number of hydrogen-bond acceptors (Lipinski definition) is 4. The number of amides is 1. The third-order valence-electron chi connectivity index (χ3n) is 2.41. The summed E-state index contributed by atoms with van der Waals surface area (Å²) in [5.41, 5.74) is 1.07. The van der Waals surface area contributed by atoms with E-state index in [0.717, 1.165) is 5.56 Å². The Kier molecular flexibility index (Phi) is 5.87. The molecule has 0 spiro atoms. The fraction of sp³-hybridized carbons (Fsp3) is 0.385. The summed E-state index contributed by atoms with van der Waals surface area (Å²) in [4.78, 5) is 22.3. The Morgan fingerprint density at radius 2 is 2.00 bits per heavy atom. The number of hydrogen-bond donors (Lipinski definition) is 0. The van der Waals surface area contributed by atoms with Crippen molar-refractivity contribution in [3.63, 3.8) is 0 Å². The third-order valence-corrected chi connectivity index (χ3v) is 2.41. The lowest BCUT2D eigenvalue weighted by Crippen LogP contribution is -2.42. The summed E-state index contributed by atoms with van der Waals surface area (Å²) in [6.07, 6.45) is 0.625. The van der Waals surface area contributed by atoms with E-state index in [1.807, 2.05) is 30.3 Å². The quantitative estimate of drug-likeness (QED) is 0.412. The smallest absolute Gasteiger partial charge is 0.327 e. The number of benzene rings is 1. The Morgan fingerprint density at radius 3 is 2.56 bits per heavy atom. The summed E-state index contributed by atoms with van der Waals surface area (Å²) in [6.45, 7) is 2.53. The number of carbonyl (C=O) groups is 2. The van der Waals surface area contributed by atoms with Gasteiger partial charge in [0.1, 0.15) is 6.54 Å². The fourth-order valence-electron chi connectivity index (χ4n) is 1.52. The molecule has 0 atom stereocenters. The Hall–Kier alpha value is -1.88. The standard InChI is InChI=1S/C13H18N2O3/c1-3-18-13(17)10-15(11-16)14(2)9-12-7-5-4-6-8-12/h4-8,11H,3,9-10H2,1-2H3. The minimum atomic E-state index is -0.412. The van der Waals surface area contributed by atoms with Gasteiger partial charge in [0.15, 0.2) is 0 Å². The Morgan fingerprint density at radius 1 is 1.33 bits per heavy atom. The molecule has 18 heavy (non-hydrogen) atoms. The lowest BCUT2D eigenvalue weighted by molar-refractivity contribution is -0.154. The molecule has 0 fully saturated rings. The van der Waals surface area contributed by atoms with Gasteiger partial charge in [-0.1, -0.05) is 30.3 Å². The van der Waals surface area contributed by atoms with Gasteiger partial charge >= 0.3 is 5.97 Å². The summed E-state index contributed by atoms with van der Waals surface area (Å²) >= 11 is 0. The van der Waals surface area contributed by atoms with Crippen molar-refractivity contribution in [3.8, 4) is 0 Å². The van der Waals surface area contributed by atoms with Crippen LogP contribution in [0.15, 0.2) is 30.3 Å². The van der Waals surface area contributed by atoms with E-state index in [0.29, 0.717) is 19.6 Å². The molecule has 0 heterocycles. The molecule has 1 aromatic carbocycles. The van der Waals surface area contributed by atoms with Gasteiger partial charge in [-0.3, -0.25) is 14.6 Å². The Bertz CT molecular complexity index is 381. The predicted molar refractivity (Wildman–Crippen MR) is 67.3 cm³/mol. The lowest BCUT2D eigenvalue weighted by atomic mass is 10.2. The van der Waals surface area contributed by atoms with E-state index >= 15 is 0 Å². The topological polar surface area (TPSA) is 49.9 Å². The molecule has 98 valence electrons. The van der Waals surface area contributed by atoms with Crippen molar-refractivity contribution < 1.29 is 14.3 Å². The molecule has 0 bridgehead atoms. The van der Waals surface area contributed by atoms with Crippen LogP contribution in [0.4, 0.5) is 0 Å². The summed E-state index contributed by atoms with van der Waals surface area (Å²) in [5, 5.41) is 2.98. The lowest BCUT2D eigenvalue weighted by Gasteiger charge is -2.27. The molecule has 0 aliphatic heterocycles. The minimum Gasteiger partial charge on any atom is -0.465 e. The number of esters is 1. The van der Waals surface area contributed by atoms with E-state index in [1.165, 1.54) is 5.01 Å². The second kappa shape index (κ2) is 7.45. The first-order valence-electron chi connectivity index (χ1n) is 5.80. The van der Waals surface area contributed by atoms with Crippen LogP contribution >= 0.6 is 0 Å². The molecule has 0 aliphatic carbocycles. The van der Waals surface area contributed by atoms with E-state index in [1.54, 1.807) is 19.0 Å². The molecule has 5 heteroatoms. The Balaban J connectivity index is 2.54. The van der Waals surface area contributed by atoms with Gasteiger partial charge in [-0.15, -0.1) is 0 Å². The summed E-state index contributed by atoms with van der Waals surface area (Å²) in [7, 11) is 1.75. The van der Waals surface area contributed by atoms with Crippen molar-refractivity contribution in [2.75, 3.05) is 20.2 Å². The molecular weight excluding hydrogens is 232 g/mol. The predicted octanol–water partition coefficient (Wildman–Crippen LogP) is 1.05. The zero-order valence-electron chi connectivity index (χ0n) is 10.7. The molecule has 5 nitrogen and oxygen atoms in total. The van der Waals surface area contributed by atoms with Gasteiger partial charge in [-0.2, -0.15) is 0 Å². The van der Waals surface area contributed by atoms with Gasteiger partial charge in [0.05, 0.1) is 6.61 Å². The van der Waals surface area contributed by atoms with Gasteiger partial charge in [0, 0.05) is 13.6 Å². The molecule has 0 N–H and O–H groups in total. The second-order valence-corrected chi connectivity index (χ2v) is 3.81. The molecule has 0 aromatic heterocycles. The molecular formula is C13H18N2O3. The zero-order chi connectivity index (χ0) is 13.4.